The molecular weight excluding hydrogens is 260 g/mol. The molecule has 2 N–H and O–H groups in total. The fourth-order valence-corrected chi connectivity index (χ4v) is 2.40. The number of aromatic nitrogens is 1. The Kier molecular flexibility index (Phi) is 4.45. The summed E-state index contributed by atoms with van der Waals surface area (Å²) in [5, 5.41) is 14.8. The molecule has 0 atom stereocenters. The predicted molar refractivity (Wildman–Crippen MR) is 89.4 cm³/mol. The SMILES string of the molecule is CC(C)(O)CCn1cc(CNC(C)(C)C)c2ccccc21. The topological polar surface area (TPSA) is 37.2 Å². The van der Waals surface area contributed by atoms with Crippen LogP contribution in [0, 0.1) is 0 Å². The van der Waals surface area contributed by atoms with E-state index in [0.29, 0.717) is 0 Å². The summed E-state index contributed by atoms with van der Waals surface area (Å²) in [6.45, 7) is 12.0. The van der Waals surface area contributed by atoms with Crippen LogP contribution < -0.4 is 5.32 Å². The van der Waals surface area contributed by atoms with Crippen molar-refractivity contribution in [1.29, 1.82) is 0 Å². The zero-order valence-electron chi connectivity index (χ0n) is 13.9. The van der Waals surface area contributed by atoms with Crippen LogP contribution in [0.15, 0.2) is 30.5 Å². The highest BCUT2D eigenvalue weighted by Crippen LogP contribution is 2.23. The summed E-state index contributed by atoms with van der Waals surface area (Å²) in [6.07, 6.45) is 2.97. The number of benzene rings is 1. The molecule has 0 aliphatic rings. The molecule has 0 aliphatic heterocycles. The second-order valence-electron chi connectivity index (χ2n) is 7.53. The van der Waals surface area contributed by atoms with E-state index in [-0.39, 0.29) is 5.54 Å². The molecule has 0 saturated carbocycles. The first-order valence-corrected chi connectivity index (χ1v) is 7.70. The Morgan fingerprint density at radius 3 is 2.38 bits per heavy atom. The van der Waals surface area contributed by atoms with E-state index in [1.165, 1.54) is 16.5 Å². The number of para-hydroxylation sites is 1. The largest absolute Gasteiger partial charge is 0.390 e. The van der Waals surface area contributed by atoms with Gasteiger partial charge in [-0.25, -0.2) is 0 Å². The molecule has 116 valence electrons. The van der Waals surface area contributed by atoms with Crippen molar-refractivity contribution in [3.8, 4) is 0 Å². The monoisotopic (exact) mass is 288 g/mol. The third-order valence-corrected chi connectivity index (χ3v) is 3.64. The molecule has 3 heteroatoms. The lowest BCUT2D eigenvalue weighted by atomic mass is 10.1. The average Bonchev–Trinajstić information content (AvgIpc) is 2.71. The van der Waals surface area contributed by atoms with Crippen LogP contribution in [0.1, 0.15) is 46.6 Å². The third-order valence-electron chi connectivity index (χ3n) is 3.64. The number of nitrogens with one attached hydrogen (secondary N) is 1. The van der Waals surface area contributed by atoms with Gasteiger partial charge in [0, 0.05) is 35.7 Å². The van der Waals surface area contributed by atoms with Gasteiger partial charge in [-0.05, 0) is 52.7 Å². The van der Waals surface area contributed by atoms with Gasteiger partial charge in [-0.2, -0.15) is 0 Å². The van der Waals surface area contributed by atoms with E-state index >= 15 is 0 Å². The van der Waals surface area contributed by atoms with Crippen LogP contribution in [0.4, 0.5) is 0 Å². The van der Waals surface area contributed by atoms with Crippen molar-refractivity contribution in [2.24, 2.45) is 0 Å². The summed E-state index contributed by atoms with van der Waals surface area (Å²) in [7, 11) is 0. The van der Waals surface area contributed by atoms with Gasteiger partial charge in [-0.1, -0.05) is 18.2 Å². The predicted octanol–water partition coefficient (Wildman–Crippen LogP) is 3.69. The van der Waals surface area contributed by atoms with Crippen molar-refractivity contribution >= 4 is 10.9 Å². The van der Waals surface area contributed by atoms with Gasteiger partial charge in [0.1, 0.15) is 0 Å². The van der Waals surface area contributed by atoms with Crippen LogP contribution in [0.25, 0.3) is 10.9 Å². The van der Waals surface area contributed by atoms with E-state index in [1.807, 2.05) is 13.8 Å². The first-order chi connectivity index (χ1) is 9.66. The van der Waals surface area contributed by atoms with Crippen LogP contribution in [0.3, 0.4) is 0 Å². The highest BCUT2D eigenvalue weighted by atomic mass is 16.3. The lowest BCUT2D eigenvalue weighted by Crippen LogP contribution is -2.35. The van der Waals surface area contributed by atoms with Gasteiger partial charge in [-0.3, -0.25) is 0 Å². The molecule has 0 spiro atoms. The molecule has 0 amide bonds. The lowest BCUT2D eigenvalue weighted by Gasteiger charge is -2.20. The van der Waals surface area contributed by atoms with E-state index in [1.54, 1.807) is 0 Å². The van der Waals surface area contributed by atoms with Gasteiger partial charge in [-0.15, -0.1) is 0 Å². The minimum absolute atomic E-state index is 0.107. The number of rotatable bonds is 5. The fraction of sp³-hybridized carbons (Fsp3) is 0.556. The molecule has 21 heavy (non-hydrogen) atoms. The molecule has 0 bridgehead atoms. The van der Waals surface area contributed by atoms with Gasteiger partial charge in [0.2, 0.25) is 0 Å². The molecule has 1 aromatic carbocycles. The molecular formula is C18H28N2O. The maximum atomic E-state index is 9.94. The number of aryl methyl sites for hydroxylation is 1. The quantitative estimate of drug-likeness (QED) is 0.880. The Labute approximate surface area is 128 Å². The van der Waals surface area contributed by atoms with E-state index < -0.39 is 5.60 Å². The van der Waals surface area contributed by atoms with Gasteiger partial charge in [0.05, 0.1) is 5.60 Å². The molecule has 0 unspecified atom stereocenters. The van der Waals surface area contributed by atoms with Gasteiger partial charge in [0.25, 0.3) is 0 Å². The minimum Gasteiger partial charge on any atom is -0.390 e. The first kappa shape index (κ1) is 16.1. The summed E-state index contributed by atoms with van der Waals surface area (Å²) in [5.74, 6) is 0. The summed E-state index contributed by atoms with van der Waals surface area (Å²) >= 11 is 0. The number of hydrogen-bond donors (Lipinski definition) is 2. The molecule has 0 fully saturated rings. The van der Waals surface area contributed by atoms with Gasteiger partial charge < -0.3 is 15.0 Å². The zero-order chi connectivity index (χ0) is 15.7. The van der Waals surface area contributed by atoms with E-state index in [4.69, 9.17) is 0 Å². The summed E-state index contributed by atoms with van der Waals surface area (Å²) in [6, 6.07) is 8.49. The molecule has 0 saturated heterocycles. The highest BCUT2D eigenvalue weighted by molar-refractivity contribution is 5.83. The Morgan fingerprint density at radius 2 is 1.76 bits per heavy atom. The van der Waals surface area contributed by atoms with Gasteiger partial charge >= 0.3 is 0 Å². The van der Waals surface area contributed by atoms with Crippen LogP contribution in [0.5, 0.6) is 0 Å². The van der Waals surface area contributed by atoms with Crippen LogP contribution >= 0.6 is 0 Å². The molecule has 2 rings (SSSR count). The highest BCUT2D eigenvalue weighted by Gasteiger charge is 2.15. The van der Waals surface area contributed by atoms with Crippen molar-refractivity contribution in [2.75, 3.05) is 0 Å². The van der Waals surface area contributed by atoms with E-state index in [9.17, 15) is 5.11 Å². The van der Waals surface area contributed by atoms with E-state index in [2.05, 4.69) is 61.1 Å². The van der Waals surface area contributed by atoms with Crippen molar-refractivity contribution in [1.82, 2.24) is 9.88 Å². The Balaban J connectivity index is 2.26. The standard InChI is InChI=1S/C18H28N2O/c1-17(2,3)19-12-14-13-20(11-10-18(4,5)21)16-9-7-6-8-15(14)16/h6-9,13,19,21H,10-12H2,1-5H3. The average molecular weight is 288 g/mol. The van der Waals surface area contributed by atoms with Crippen LogP contribution in [-0.2, 0) is 13.1 Å². The van der Waals surface area contributed by atoms with Crippen molar-refractivity contribution in [3.63, 3.8) is 0 Å². The minimum atomic E-state index is -0.630. The number of nitrogens with zero attached hydrogens (tertiary/aromatic N) is 1. The fourth-order valence-electron chi connectivity index (χ4n) is 2.40. The Hall–Kier alpha value is -1.32. The number of hydrogen-bond acceptors (Lipinski definition) is 2. The lowest BCUT2D eigenvalue weighted by molar-refractivity contribution is 0.0666. The summed E-state index contributed by atoms with van der Waals surface area (Å²) in [4.78, 5) is 0. The third kappa shape index (κ3) is 4.58. The zero-order valence-corrected chi connectivity index (χ0v) is 13.9. The maximum Gasteiger partial charge on any atom is 0.0608 e. The van der Waals surface area contributed by atoms with E-state index in [0.717, 1.165) is 19.5 Å². The van der Waals surface area contributed by atoms with Crippen LogP contribution in [0.2, 0.25) is 0 Å². The van der Waals surface area contributed by atoms with Crippen molar-refractivity contribution in [2.45, 2.75) is 65.3 Å². The molecule has 2 aromatic rings. The summed E-state index contributed by atoms with van der Waals surface area (Å²) < 4.78 is 2.26. The Bertz CT molecular complexity index is 548. The van der Waals surface area contributed by atoms with Crippen molar-refractivity contribution < 1.29 is 5.11 Å². The first-order valence-electron chi connectivity index (χ1n) is 7.70. The number of fused-ring (bicyclic) bond motifs is 1. The Morgan fingerprint density at radius 1 is 1.10 bits per heavy atom. The molecule has 1 aromatic heterocycles. The second kappa shape index (κ2) is 5.82. The molecule has 3 nitrogen and oxygen atoms in total. The summed E-state index contributed by atoms with van der Waals surface area (Å²) in [5.41, 5.74) is 2.04. The second-order valence-corrected chi connectivity index (χ2v) is 7.53. The molecule has 1 heterocycles. The normalized spacial score (nSPS) is 13.0. The number of aliphatic hydroxyl groups is 1. The van der Waals surface area contributed by atoms with Gasteiger partial charge in [0.15, 0.2) is 0 Å². The smallest absolute Gasteiger partial charge is 0.0608 e. The molecule has 0 radical (unpaired) electrons. The van der Waals surface area contributed by atoms with Crippen LogP contribution in [-0.4, -0.2) is 20.8 Å². The molecule has 0 aliphatic carbocycles. The maximum absolute atomic E-state index is 9.94. The van der Waals surface area contributed by atoms with Crippen molar-refractivity contribution in [3.05, 3.63) is 36.0 Å².